The molecule has 4 rings (SSSR count). The van der Waals surface area contributed by atoms with E-state index in [0.717, 1.165) is 12.1 Å². The Balaban J connectivity index is 1.42. The first-order valence-corrected chi connectivity index (χ1v) is 10.9. The van der Waals surface area contributed by atoms with Crippen LogP contribution in [0.15, 0.2) is 40.8 Å². The minimum absolute atomic E-state index is 0.0173. The summed E-state index contributed by atoms with van der Waals surface area (Å²) in [5, 5.41) is 5.55. The smallest absolute Gasteiger partial charge is 0.416 e. The number of alkyl halides is 3. The van der Waals surface area contributed by atoms with Crippen molar-refractivity contribution < 1.29 is 36.7 Å². The Labute approximate surface area is 202 Å². The van der Waals surface area contributed by atoms with Gasteiger partial charge in [-0.3, -0.25) is 10.1 Å². The highest BCUT2D eigenvalue weighted by atomic mass is 19.4. The molecule has 0 bridgehead atoms. The lowest BCUT2D eigenvalue weighted by Gasteiger charge is -2.06. The number of hydrogen-bond donors (Lipinski definition) is 2. The number of hydrogen-bond acceptors (Lipinski definition) is 8. The first-order chi connectivity index (χ1) is 17.2. The number of esters is 1. The van der Waals surface area contributed by atoms with Gasteiger partial charge >= 0.3 is 18.2 Å². The number of aryl methyl sites for hydroxylation is 1. The minimum Gasteiger partial charge on any atom is -0.464 e. The van der Waals surface area contributed by atoms with Crippen LogP contribution in [0.2, 0.25) is 0 Å². The van der Waals surface area contributed by atoms with Gasteiger partial charge in [0, 0.05) is 19.2 Å². The summed E-state index contributed by atoms with van der Waals surface area (Å²) in [4.78, 5) is 32.3. The van der Waals surface area contributed by atoms with E-state index in [1.54, 1.807) is 36.7 Å². The van der Waals surface area contributed by atoms with Crippen LogP contribution >= 0.6 is 0 Å². The lowest BCUT2D eigenvalue weighted by Crippen LogP contribution is -2.28. The van der Waals surface area contributed by atoms with Crippen molar-refractivity contribution in [3.05, 3.63) is 47.5 Å². The maximum atomic E-state index is 12.9. The molecule has 0 aliphatic rings. The van der Waals surface area contributed by atoms with Crippen LogP contribution in [-0.2, 0) is 27.5 Å². The second kappa shape index (κ2) is 10.2. The van der Waals surface area contributed by atoms with Crippen LogP contribution in [0.3, 0.4) is 0 Å². The maximum Gasteiger partial charge on any atom is 0.416 e. The van der Waals surface area contributed by atoms with Crippen LogP contribution < -0.4 is 10.6 Å². The number of rotatable bonds is 9. The molecular formula is C23H22F3N5O5. The van der Waals surface area contributed by atoms with E-state index in [-0.39, 0.29) is 49.4 Å². The molecule has 0 spiro atoms. The van der Waals surface area contributed by atoms with Gasteiger partial charge in [0.1, 0.15) is 12.1 Å². The summed E-state index contributed by atoms with van der Waals surface area (Å²) < 4.78 is 55.8. The zero-order chi connectivity index (χ0) is 25.9. The number of benzene rings is 2. The van der Waals surface area contributed by atoms with Crippen molar-refractivity contribution in [2.75, 3.05) is 31.7 Å². The summed E-state index contributed by atoms with van der Waals surface area (Å²) in [6.45, 7) is 2.10. The summed E-state index contributed by atoms with van der Waals surface area (Å²) >= 11 is 0. The SMILES string of the molecule is CCOC(=O)COCCNC(=O)c1ccc2c(c1)nc(Nc1nc3ccc(C(F)(F)F)cc3o1)n2C. The molecule has 36 heavy (non-hydrogen) atoms. The zero-order valence-electron chi connectivity index (χ0n) is 19.3. The van der Waals surface area contributed by atoms with Crippen LogP contribution in [0, 0.1) is 0 Å². The second-order valence-corrected chi connectivity index (χ2v) is 7.64. The van der Waals surface area contributed by atoms with Crippen LogP contribution in [0.1, 0.15) is 22.8 Å². The molecule has 13 heteroatoms. The number of nitrogens with one attached hydrogen (secondary N) is 2. The highest BCUT2D eigenvalue weighted by Crippen LogP contribution is 2.32. The maximum absolute atomic E-state index is 12.9. The third kappa shape index (κ3) is 5.57. The molecule has 190 valence electrons. The first-order valence-electron chi connectivity index (χ1n) is 10.9. The molecule has 0 atom stereocenters. The zero-order valence-corrected chi connectivity index (χ0v) is 19.3. The number of fused-ring (bicyclic) bond motifs is 2. The van der Waals surface area contributed by atoms with Crippen molar-refractivity contribution in [3.8, 4) is 0 Å². The number of halogens is 3. The fraction of sp³-hybridized carbons (Fsp3) is 0.304. The Hall–Kier alpha value is -4.13. The van der Waals surface area contributed by atoms with Gasteiger partial charge in [-0.25, -0.2) is 9.78 Å². The quantitative estimate of drug-likeness (QED) is 0.261. The van der Waals surface area contributed by atoms with E-state index in [1.165, 1.54) is 6.07 Å². The van der Waals surface area contributed by atoms with Gasteiger partial charge in [0.2, 0.25) is 5.95 Å². The molecule has 2 N–H and O–H groups in total. The molecule has 10 nitrogen and oxygen atoms in total. The average Bonchev–Trinajstić information content (AvgIpc) is 3.37. The van der Waals surface area contributed by atoms with Gasteiger partial charge in [0.25, 0.3) is 5.91 Å². The number of imidazole rings is 1. The van der Waals surface area contributed by atoms with Crippen molar-refractivity contribution >= 4 is 46.0 Å². The van der Waals surface area contributed by atoms with E-state index >= 15 is 0 Å². The molecule has 0 fully saturated rings. The number of oxazole rings is 1. The number of carbonyl (C=O) groups excluding carboxylic acids is 2. The second-order valence-electron chi connectivity index (χ2n) is 7.64. The number of anilines is 2. The van der Waals surface area contributed by atoms with Gasteiger partial charge in [0.15, 0.2) is 5.58 Å². The monoisotopic (exact) mass is 505 g/mol. The van der Waals surface area contributed by atoms with Crippen LogP contribution in [-0.4, -0.2) is 52.8 Å². The predicted molar refractivity (Wildman–Crippen MR) is 123 cm³/mol. The van der Waals surface area contributed by atoms with Crippen molar-refractivity contribution in [1.29, 1.82) is 0 Å². The molecule has 0 radical (unpaired) electrons. The standard InChI is InChI=1S/C23H22F3N5O5/c1-3-35-19(32)12-34-9-8-27-20(33)13-4-7-17-16(10-13)28-21(31(17)2)30-22-29-15-6-5-14(23(24,25)26)11-18(15)36-22/h4-7,10-11H,3,8-9,12H2,1-2H3,(H,27,33)(H,28,29,30). The van der Waals surface area contributed by atoms with Gasteiger partial charge in [-0.2, -0.15) is 18.2 Å². The Morgan fingerprint density at radius 3 is 2.67 bits per heavy atom. The molecule has 2 aromatic carbocycles. The minimum atomic E-state index is -4.49. The highest BCUT2D eigenvalue weighted by Gasteiger charge is 2.31. The van der Waals surface area contributed by atoms with Crippen LogP contribution in [0.4, 0.5) is 25.1 Å². The molecular weight excluding hydrogens is 483 g/mol. The summed E-state index contributed by atoms with van der Waals surface area (Å²) in [6, 6.07) is 7.95. The molecule has 0 saturated carbocycles. The lowest BCUT2D eigenvalue weighted by molar-refractivity contribution is -0.148. The normalized spacial score (nSPS) is 11.7. The van der Waals surface area contributed by atoms with Gasteiger partial charge in [-0.05, 0) is 43.3 Å². The summed E-state index contributed by atoms with van der Waals surface area (Å²) in [5.41, 5.74) is 0.964. The van der Waals surface area contributed by atoms with Crippen molar-refractivity contribution in [1.82, 2.24) is 19.9 Å². The number of ether oxygens (including phenoxy) is 2. The van der Waals surface area contributed by atoms with E-state index in [2.05, 4.69) is 20.6 Å². The Kier molecular flexibility index (Phi) is 7.10. The molecule has 0 unspecified atom stereocenters. The largest absolute Gasteiger partial charge is 0.464 e. The highest BCUT2D eigenvalue weighted by molar-refractivity contribution is 5.97. The summed E-state index contributed by atoms with van der Waals surface area (Å²) in [5.74, 6) is -0.508. The Bertz CT molecular complexity index is 1410. The lowest BCUT2D eigenvalue weighted by atomic mass is 10.2. The van der Waals surface area contributed by atoms with Crippen LogP contribution in [0.25, 0.3) is 22.1 Å². The van der Waals surface area contributed by atoms with Crippen LogP contribution in [0.5, 0.6) is 0 Å². The average molecular weight is 505 g/mol. The van der Waals surface area contributed by atoms with Gasteiger partial charge in [0.05, 0.1) is 29.8 Å². The molecule has 2 heterocycles. The molecule has 0 aliphatic heterocycles. The van der Waals surface area contributed by atoms with E-state index < -0.39 is 17.7 Å². The number of amides is 1. The van der Waals surface area contributed by atoms with E-state index in [9.17, 15) is 22.8 Å². The number of carbonyl (C=O) groups is 2. The van der Waals surface area contributed by atoms with Gasteiger partial charge < -0.3 is 23.8 Å². The summed E-state index contributed by atoms with van der Waals surface area (Å²) in [6.07, 6.45) is -4.49. The molecule has 4 aromatic rings. The molecule has 1 amide bonds. The Morgan fingerprint density at radius 1 is 1.11 bits per heavy atom. The molecule has 0 saturated heterocycles. The van der Waals surface area contributed by atoms with Gasteiger partial charge in [-0.1, -0.05) is 0 Å². The van der Waals surface area contributed by atoms with E-state index in [4.69, 9.17) is 13.9 Å². The predicted octanol–water partition coefficient (Wildman–Crippen LogP) is 3.79. The Morgan fingerprint density at radius 2 is 1.92 bits per heavy atom. The third-order valence-electron chi connectivity index (χ3n) is 5.13. The van der Waals surface area contributed by atoms with E-state index in [1.807, 2.05) is 0 Å². The molecule has 2 aromatic heterocycles. The van der Waals surface area contributed by atoms with Crippen molar-refractivity contribution in [3.63, 3.8) is 0 Å². The number of nitrogens with zero attached hydrogens (tertiary/aromatic N) is 3. The van der Waals surface area contributed by atoms with Crippen molar-refractivity contribution in [2.24, 2.45) is 7.05 Å². The fourth-order valence-corrected chi connectivity index (χ4v) is 3.40. The van der Waals surface area contributed by atoms with E-state index in [0.29, 0.717) is 22.5 Å². The third-order valence-corrected chi connectivity index (χ3v) is 5.13. The fourth-order valence-electron chi connectivity index (χ4n) is 3.40. The summed E-state index contributed by atoms with van der Waals surface area (Å²) in [7, 11) is 1.72. The van der Waals surface area contributed by atoms with Gasteiger partial charge in [-0.15, -0.1) is 0 Å². The van der Waals surface area contributed by atoms with Crippen molar-refractivity contribution in [2.45, 2.75) is 13.1 Å². The topological polar surface area (TPSA) is 121 Å². The first kappa shape index (κ1) is 25.0. The number of aromatic nitrogens is 3. The molecule has 0 aliphatic carbocycles.